The molecule has 0 saturated carbocycles. The number of benzene rings is 1. The van der Waals surface area contributed by atoms with Crippen LogP contribution in [-0.4, -0.2) is 28.9 Å². The molecule has 0 spiro atoms. The number of aromatic nitrogens is 1. The second-order valence-electron chi connectivity index (χ2n) is 5.85. The molecular formula is C17H15BrClN3O2. The molecule has 1 saturated heterocycles. The highest BCUT2D eigenvalue weighted by molar-refractivity contribution is 9.10. The van der Waals surface area contributed by atoms with Crippen molar-refractivity contribution in [2.24, 2.45) is 0 Å². The fourth-order valence-electron chi connectivity index (χ4n) is 2.83. The van der Waals surface area contributed by atoms with Crippen LogP contribution in [0.1, 0.15) is 18.9 Å². The number of carbonyl (C=O) groups excluding carboxylic acids is 2. The van der Waals surface area contributed by atoms with Gasteiger partial charge in [-0.05, 0) is 34.5 Å². The van der Waals surface area contributed by atoms with Gasteiger partial charge in [-0.2, -0.15) is 0 Å². The monoisotopic (exact) mass is 407 g/mol. The van der Waals surface area contributed by atoms with E-state index in [9.17, 15) is 9.59 Å². The van der Waals surface area contributed by atoms with Crippen molar-refractivity contribution in [3.8, 4) is 0 Å². The lowest BCUT2D eigenvalue weighted by Gasteiger charge is -2.45. The van der Waals surface area contributed by atoms with Crippen molar-refractivity contribution in [3.05, 3.63) is 57.7 Å². The summed E-state index contributed by atoms with van der Waals surface area (Å²) in [6, 6.07) is 10.7. The minimum atomic E-state index is -0.715. The van der Waals surface area contributed by atoms with Gasteiger partial charge >= 0.3 is 6.03 Å². The highest BCUT2D eigenvalue weighted by Crippen LogP contribution is 2.38. The molecule has 0 radical (unpaired) electrons. The Kier molecular flexibility index (Phi) is 4.36. The molecule has 0 bridgehead atoms. The third-order valence-corrected chi connectivity index (χ3v) is 5.07. The van der Waals surface area contributed by atoms with Crippen LogP contribution in [0.25, 0.3) is 0 Å². The zero-order valence-corrected chi connectivity index (χ0v) is 15.5. The lowest BCUT2D eigenvalue weighted by Crippen LogP contribution is -2.60. The molecule has 2 aromatic rings. The molecule has 5 nitrogen and oxygen atoms in total. The Balaban J connectivity index is 2.02. The van der Waals surface area contributed by atoms with Crippen molar-refractivity contribution in [2.45, 2.75) is 18.9 Å². The quantitative estimate of drug-likeness (QED) is 0.748. The summed E-state index contributed by atoms with van der Waals surface area (Å²) >= 11 is 9.44. The minimum Gasteiger partial charge on any atom is -0.317 e. The SMILES string of the molecule is CN1C(=O)N(c2ncc(Br)cc2Cl)C(=O)CC1(C)c1ccccc1. The first-order chi connectivity index (χ1) is 11.3. The van der Waals surface area contributed by atoms with E-state index in [4.69, 9.17) is 11.6 Å². The molecule has 1 aliphatic heterocycles. The number of hydrogen-bond donors (Lipinski definition) is 0. The van der Waals surface area contributed by atoms with Gasteiger partial charge in [-0.3, -0.25) is 4.79 Å². The molecule has 1 aromatic carbocycles. The maximum absolute atomic E-state index is 12.9. The van der Waals surface area contributed by atoms with E-state index in [2.05, 4.69) is 20.9 Å². The van der Waals surface area contributed by atoms with Gasteiger partial charge in [0.1, 0.15) is 0 Å². The number of urea groups is 1. The van der Waals surface area contributed by atoms with Crippen LogP contribution >= 0.6 is 27.5 Å². The Morgan fingerprint density at radius 3 is 2.54 bits per heavy atom. The molecule has 1 unspecified atom stereocenters. The number of pyridine rings is 1. The van der Waals surface area contributed by atoms with Gasteiger partial charge in [0.25, 0.3) is 0 Å². The van der Waals surface area contributed by atoms with Crippen LogP contribution in [-0.2, 0) is 10.3 Å². The summed E-state index contributed by atoms with van der Waals surface area (Å²) in [5, 5.41) is 0.239. The highest BCUT2D eigenvalue weighted by atomic mass is 79.9. The van der Waals surface area contributed by atoms with Crippen LogP contribution in [0.5, 0.6) is 0 Å². The van der Waals surface area contributed by atoms with E-state index in [1.807, 2.05) is 37.3 Å². The number of rotatable bonds is 2. The third kappa shape index (κ3) is 2.70. The first-order valence-corrected chi connectivity index (χ1v) is 8.49. The van der Waals surface area contributed by atoms with Gasteiger partial charge in [-0.15, -0.1) is 0 Å². The fraction of sp³-hybridized carbons (Fsp3) is 0.235. The van der Waals surface area contributed by atoms with E-state index in [1.54, 1.807) is 18.0 Å². The summed E-state index contributed by atoms with van der Waals surface area (Å²) in [6.45, 7) is 1.88. The highest BCUT2D eigenvalue weighted by Gasteiger charge is 2.47. The molecule has 2 heterocycles. The average Bonchev–Trinajstić information content (AvgIpc) is 2.55. The fourth-order valence-corrected chi connectivity index (χ4v) is 3.55. The number of halogens is 2. The van der Waals surface area contributed by atoms with Crippen LogP contribution in [0.3, 0.4) is 0 Å². The van der Waals surface area contributed by atoms with Crippen LogP contribution in [0, 0.1) is 0 Å². The van der Waals surface area contributed by atoms with Crippen molar-refractivity contribution in [2.75, 3.05) is 11.9 Å². The van der Waals surface area contributed by atoms with E-state index < -0.39 is 11.6 Å². The number of amides is 3. The van der Waals surface area contributed by atoms with Crippen LogP contribution in [0.4, 0.5) is 10.6 Å². The largest absolute Gasteiger partial charge is 0.333 e. The summed E-state index contributed by atoms with van der Waals surface area (Å²) in [5.41, 5.74) is 0.192. The second-order valence-corrected chi connectivity index (χ2v) is 7.17. The Morgan fingerprint density at radius 1 is 1.25 bits per heavy atom. The number of nitrogens with zero attached hydrogens (tertiary/aromatic N) is 3. The molecule has 0 N–H and O–H groups in total. The molecule has 7 heteroatoms. The maximum atomic E-state index is 12.9. The molecule has 1 aromatic heterocycles. The van der Waals surface area contributed by atoms with Gasteiger partial charge in [0, 0.05) is 17.7 Å². The summed E-state index contributed by atoms with van der Waals surface area (Å²) in [4.78, 5) is 32.4. The zero-order chi connectivity index (χ0) is 17.5. The number of hydrogen-bond acceptors (Lipinski definition) is 3. The zero-order valence-electron chi connectivity index (χ0n) is 13.2. The third-order valence-electron chi connectivity index (χ3n) is 4.36. The molecule has 3 rings (SSSR count). The first-order valence-electron chi connectivity index (χ1n) is 7.32. The molecule has 1 fully saturated rings. The standard InChI is InChI=1S/C17H15BrClN3O2/c1-17(11-6-4-3-5-7-11)9-14(23)22(16(24)21(17)2)15-13(19)8-12(18)10-20-15/h3-8,10H,9H2,1-2H3. The number of anilines is 1. The van der Waals surface area contributed by atoms with E-state index >= 15 is 0 Å². The van der Waals surface area contributed by atoms with Crippen molar-refractivity contribution < 1.29 is 9.59 Å². The Hall–Kier alpha value is -1.92. The molecule has 124 valence electrons. The van der Waals surface area contributed by atoms with E-state index in [0.29, 0.717) is 4.47 Å². The van der Waals surface area contributed by atoms with Gasteiger partial charge in [-0.1, -0.05) is 41.9 Å². The van der Waals surface area contributed by atoms with Gasteiger partial charge < -0.3 is 4.90 Å². The Morgan fingerprint density at radius 2 is 1.92 bits per heavy atom. The predicted octanol–water partition coefficient (Wildman–Crippen LogP) is 4.20. The summed E-state index contributed by atoms with van der Waals surface area (Å²) in [6.07, 6.45) is 1.65. The summed E-state index contributed by atoms with van der Waals surface area (Å²) in [5.74, 6) is -0.182. The lowest BCUT2D eigenvalue weighted by atomic mass is 9.85. The average molecular weight is 409 g/mol. The number of carbonyl (C=O) groups is 2. The van der Waals surface area contributed by atoms with Gasteiger partial charge in [-0.25, -0.2) is 14.7 Å². The Bertz CT molecular complexity index is 815. The summed E-state index contributed by atoms with van der Waals surface area (Å²) in [7, 11) is 1.68. The smallest absolute Gasteiger partial charge is 0.317 e. The predicted molar refractivity (Wildman–Crippen MR) is 96.0 cm³/mol. The van der Waals surface area contributed by atoms with Crippen molar-refractivity contribution in [1.82, 2.24) is 9.88 Å². The van der Waals surface area contributed by atoms with E-state index in [-0.39, 0.29) is 23.2 Å². The van der Waals surface area contributed by atoms with Crippen LogP contribution in [0.15, 0.2) is 47.1 Å². The molecular weight excluding hydrogens is 394 g/mol. The molecule has 3 amide bonds. The van der Waals surface area contributed by atoms with Gasteiger partial charge in [0.2, 0.25) is 5.91 Å². The van der Waals surface area contributed by atoms with Gasteiger partial charge in [0.15, 0.2) is 5.82 Å². The molecule has 24 heavy (non-hydrogen) atoms. The second kappa shape index (κ2) is 6.18. The van der Waals surface area contributed by atoms with Crippen LogP contribution < -0.4 is 4.90 Å². The van der Waals surface area contributed by atoms with Gasteiger partial charge in [0.05, 0.1) is 17.0 Å². The summed E-state index contributed by atoms with van der Waals surface area (Å²) < 4.78 is 0.677. The molecule has 1 aliphatic rings. The molecule has 1 atom stereocenters. The first kappa shape index (κ1) is 16.9. The van der Waals surface area contributed by atoms with E-state index in [0.717, 1.165) is 10.5 Å². The normalized spacial score (nSPS) is 21.3. The van der Waals surface area contributed by atoms with Crippen molar-refractivity contribution in [1.29, 1.82) is 0 Å². The van der Waals surface area contributed by atoms with Crippen LogP contribution in [0.2, 0.25) is 5.02 Å². The minimum absolute atomic E-state index is 0.146. The number of imide groups is 1. The topological polar surface area (TPSA) is 53.5 Å². The van der Waals surface area contributed by atoms with Crippen molar-refractivity contribution >= 4 is 45.3 Å². The maximum Gasteiger partial charge on any atom is 0.333 e. The van der Waals surface area contributed by atoms with E-state index in [1.165, 1.54) is 6.20 Å². The molecule has 0 aliphatic carbocycles. The Labute approximate surface area is 153 Å². The lowest BCUT2D eigenvalue weighted by molar-refractivity contribution is -0.122. The van der Waals surface area contributed by atoms with Crippen molar-refractivity contribution in [3.63, 3.8) is 0 Å².